The van der Waals surface area contributed by atoms with Crippen LogP contribution in [-0.2, 0) is 15.7 Å². The van der Waals surface area contributed by atoms with Gasteiger partial charge in [0.2, 0.25) is 0 Å². The molecule has 0 aliphatic heterocycles. The van der Waals surface area contributed by atoms with E-state index in [1.165, 1.54) is 4.04 Å². The molecule has 0 heterocycles. The van der Waals surface area contributed by atoms with Crippen LogP contribution in [0.2, 0.25) is 4.89 Å². The van der Waals surface area contributed by atoms with E-state index < -0.39 is 15.7 Å². The van der Waals surface area contributed by atoms with Crippen LogP contribution >= 0.6 is 9.53 Å². The molecule has 1 rings (SSSR count). The average molecular weight is 263 g/mol. The van der Waals surface area contributed by atoms with Gasteiger partial charge >= 0.3 is 76.8 Å². The molecule has 2 N–H and O–H groups in total. The summed E-state index contributed by atoms with van der Waals surface area (Å²) in [7, 11) is 6.14. The monoisotopic (exact) mass is 262 g/mol. The van der Waals surface area contributed by atoms with Crippen LogP contribution < -0.4 is 9.77 Å². The summed E-state index contributed by atoms with van der Waals surface area (Å²) < 4.78 is 1.27. The summed E-state index contributed by atoms with van der Waals surface area (Å²) in [5.41, 5.74) is 5.41. The topological polar surface area (TPSA) is 26.0 Å². The fraction of sp³-hybridized carbons (Fsp3) is 0.250. The van der Waals surface area contributed by atoms with Gasteiger partial charge in [-0.3, -0.25) is 0 Å². The second-order valence-corrected chi connectivity index (χ2v) is 6.60. The van der Waals surface area contributed by atoms with Crippen LogP contribution in [0.5, 0.6) is 0 Å². The first-order valence-corrected chi connectivity index (χ1v) is 7.20. The van der Waals surface area contributed by atoms with Gasteiger partial charge in [0.05, 0.1) is 0 Å². The minimum absolute atomic E-state index is 0.694. The van der Waals surface area contributed by atoms with Gasteiger partial charge in [-0.2, -0.15) is 0 Å². The molecule has 0 saturated heterocycles. The van der Waals surface area contributed by atoms with Gasteiger partial charge in [0, 0.05) is 0 Å². The van der Waals surface area contributed by atoms with Crippen molar-refractivity contribution in [3.05, 3.63) is 30.3 Å². The van der Waals surface area contributed by atoms with E-state index in [9.17, 15) is 0 Å². The fourth-order valence-electron chi connectivity index (χ4n) is 0.689. The first kappa shape index (κ1) is 9.22. The normalized spacial score (nSPS) is 11.3. The Balaban J connectivity index is 2.61. The van der Waals surface area contributed by atoms with Crippen molar-refractivity contribution in [3.63, 3.8) is 0 Å². The van der Waals surface area contributed by atoms with Gasteiger partial charge in [0.25, 0.3) is 0 Å². The first-order valence-electron chi connectivity index (χ1n) is 3.32. The molecule has 0 unspecified atom stereocenters. The van der Waals surface area contributed by atoms with Crippen LogP contribution in [0.25, 0.3) is 0 Å². The molecule has 1 aromatic carbocycles. The summed E-state index contributed by atoms with van der Waals surface area (Å²) in [6.45, 7) is 0.694. The second-order valence-electron chi connectivity index (χ2n) is 1.96. The van der Waals surface area contributed by atoms with Gasteiger partial charge in [-0.15, -0.1) is 0 Å². The Morgan fingerprint density at radius 1 is 1.27 bits per heavy atom. The Morgan fingerprint density at radius 3 is 2.45 bits per heavy atom. The van der Waals surface area contributed by atoms with Crippen molar-refractivity contribution in [1.29, 1.82) is 0 Å². The maximum atomic E-state index is 6.14. The zero-order valence-corrected chi connectivity index (χ0v) is 8.38. The van der Waals surface area contributed by atoms with Crippen LogP contribution in [0.3, 0.4) is 0 Å². The van der Waals surface area contributed by atoms with Crippen LogP contribution in [0, 0.1) is 0 Å². The Hall–Kier alpha value is 0.132. The molecule has 1 nitrogen and oxygen atoms in total. The van der Waals surface area contributed by atoms with Crippen molar-refractivity contribution >= 4 is 13.6 Å². The van der Waals surface area contributed by atoms with E-state index in [2.05, 4.69) is 12.1 Å². The molecule has 0 saturated carbocycles. The van der Waals surface area contributed by atoms with Crippen molar-refractivity contribution in [2.24, 2.45) is 5.73 Å². The molecule has 0 fully saturated rings. The van der Waals surface area contributed by atoms with Crippen molar-refractivity contribution in [1.82, 2.24) is 0 Å². The van der Waals surface area contributed by atoms with E-state index in [0.717, 1.165) is 4.89 Å². The molecule has 0 amide bonds. The fourth-order valence-corrected chi connectivity index (χ4v) is 3.27. The van der Waals surface area contributed by atoms with E-state index in [1.54, 1.807) is 0 Å². The molecule has 0 aliphatic carbocycles. The third-order valence-electron chi connectivity index (χ3n) is 1.14. The summed E-state index contributed by atoms with van der Waals surface area (Å²) in [6, 6.07) is 10.2. The number of rotatable bonds is 3. The number of hydrogen-bond donors (Lipinski definition) is 1. The Kier molecular flexibility index (Phi) is 4.11. The number of hydrogen-bond acceptors (Lipinski definition) is 1. The molecule has 0 radical (unpaired) electrons. The molecule has 0 aromatic heterocycles. The first-order chi connectivity index (χ1) is 5.34. The predicted octanol–water partition coefficient (Wildman–Crippen LogP) is 1.46. The van der Waals surface area contributed by atoms with Crippen molar-refractivity contribution < 1.29 is 15.7 Å². The van der Waals surface area contributed by atoms with E-state index >= 15 is 0 Å². The Labute approximate surface area is 76.8 Å². The van der Waals surface area contributed by atoms with E-state index in [1.807, 2.05) is 18.2 Å². The van der Waals surface area contributed by atoms with Crippen LogP contribution in [0.1, 0.15) is 0 Å². The van der Waals surface area contributed by atoms with Crippen LogP contribution in [0.15, 0.2) is 30.3 Å². The molecule has 1 aromatic rings. The van der Waals surface area contributed by atoms with Crippen molar-refractivity contribution in [2.45, 2.75) is 4.89 Å². The molecule has 0 atom stereocenters. The molecule has 0 aliphatic rings. The zero-order valence-electron chi connectivity index (χ0n) is 6.07. The number of halogens is 1. The van der Waals surface area contributed by atoms with Gasteiger partial charge in [-0.25, -0.2) is 0 Å². The second kappa shape index (κ2) is 4.90. The average Bonchev–Trinajstić information content (AvgIpc) is 2.07. The standard InChI is InChI=1S/C6H5.C2H6N.ClH.Pd/c1-2-4-6-5-3-1;1-2-3;;/h1-5H;1-3H2;1H;/q;;;+1/p-1. The summed E-state index contributed by atoms with van der Waals surface area (Å²) in [6.07, 6.45) is 0. The van der Waals surface area contributed by atoms with Gasteiger partial charge in [-0.05, 0) is 0 Å². The van der Waals surface area contributed by atoms with E-state index in [4.69, 9.17) is 15.3 Å². The third kappa shape index (κ3) is 2.93. The summed E-state index contributed by atoms with van der Waals surface area (Å²) in [4.78, 5) is 0.956. The zero-order chi connectivity index (χ0) is 8.10. The van der Waals surface area contributed by atoms with Crippen molar-refractivity contribution in [2.75, 3.05) is 6.54 Å². The Morgan fingerprint density at radius 2 is 1.91 bits per heavy atom. The molecule has 0 bridgehead atoms. The van der Waals surface area contributed by atoms with E-state index in [0.29, 0.717) is 6.54 Å². The van der Waals surface area contributed by atoms with Gasteiger partial charge in [0.1, 0.15) is 0 Å². The van der Waals surface area contributed by atoms with Gasteiger partial charge in [0.15, 0.2) is 0 Å². The SMILES string of the molecule is NC[CH2][Pd]([Cl])[c]1ccccc1. The van der Waals surface area contributed by atoms with Gasteiger partial charge < -0.3 is 0 Å². The summed E-state index contributed by atoms with van der Waals surface area (Å²) in [5, 5.41) is 0. The van der Waals surface area contributed by atoms with E-state index in [-0.39, 0.29) is 0 Å². The molecule has 11 heavy (non-hydrogen) atoms. The quantitative estimate of drug-likeness (QED) is 0.821. The third-order valence-corrected chi connectivity index (χ3v) is 5.29. The number of benzene rings is 1. The summed E-state index contributed by atoms with van der Waals surface area (Å²) >= 11 is -1.01. The molecule has 3 heteroatoms. The summed E-state index contributed by atoms with van der Waals surface area (Å²) in [5.74, 6) is 0. The number of nitrogens with two attached hydrogens (primary N) is 1. The predicted molar refractivity (Wildman–Crippen MR) is 45.8 cm³/mol. The Bertz CT molecular complexity index is 203. The maximum absolute atomic E-state index is 6.14. The molecule has 0 spiro atoms. The molecular formula is C8H11ClNPd. The van der Waals surface area contributed by atoms with Crippen LogP contribution in [0.4, 0.5) is 0 Å². The minimum atomic E-state index is -1.01. The van der Waals surface area contributed by atoms with Gasteiger partial charge in [-0.1, -0.05) is 0 Å². The van der Waals surface area contributed by atoms with Crippen molar-refractivity contribution in [3.8, 4) is 0 Å². The van der Waals surface area contributed by atoms with Crippen LogP contribution in [-0.4, -0.2) is 6.54 Å². The molecular weight excluding hydrogens is 252 g/mol. The molecule has 65 valence electrons.